The third kappa shape index (κ3) is 1.98. The fourth-order valence-electron chi connectivity index (χ4n) is 1.05. The fraction of sp³-hybridized carbons (Fsp3) is 0.667. The predicted octanol–water partition coefficient (Wildman–Crippen LogP) is 0.371. The van der Waals surface area contributed by atoms with Crippen LogP contribution in [0.5, 0.6) is 0 Å². The molecular formula is C9H16N4O. The summed E-state index contributed by atoms with van der Waals surface area (Å²) in [7, 11) is 1.68. The first-order valence-corrected chi connectivity index (χ1v) is 4.48. The minimum Gasteiger partial charge on any atom is -0.321 e. The summed E-state index contributed by atoms with van der Waals surface area (Å²) in [5.74, 6) is 0.143. The summed E-state index contributed by atoms with van der Waals surface area (Å²) in [5, 5.41) is 3.83. The van der Waals surface area contributed by atoms with Crippen LogP contribution >= 0.6 is 0 Å². The Hall–Kier alpha value is -1.23. The lowest BCUT2D eigenvalue weighted by Gasteiger charge is -2.24. The number of ketones is 1. The van der Waals surface area contributed by atoms with Gasteiger partial charge in [-0.1, -0.05) is 20.8 Å². The summed E-state index contributed by atoms with van der Waals surface area (Å²) < 4.78 is 1.44. The van der Waals surface area contributed by atoms with Gasteiger partial charge in [0.2, 0.25) is 5.78 Å². The highest BCUT2D eigenvalue weighted by molar-refractivity contribution is 5.97. The highest BCUT2D eigenvalue weighted by Crippen LogP contribution is 2.19. The number of carbonyl (C=O) groups excluding carboxylic acids is 1. The highest BCUT2D eigenvalue weighted by atomic mass is 16.1. The van der Waals surface area contributed by atoms with Gasteiger partial charge in [0.1, 0.15) is 6.33 Å². The summed E-state index contributed by atoms with van der Waals surface area (Å²) in [5.41, 5.74) is 5.56. The molecule has 1 heterocycles. The lowest BCUT2D eigenvalue weighted by molar-refractivity contribution is 0.0886. The van der Waals surface area contributed by atoms with E-state index in [1.54, 1.807) is 7.05 Å². The first kappa shape index (κ1) is 10.8. The third-order valence-electron chi connectivity index (χ3n) is 2.15. The van der Waals surface area contributed by atoms with Crippen LogP contribution in [0, 0.1) is 5.41 Å². The van der Waals surface area contributed by atoms with Crippen LogP contribution in [0.15, 0.2) is 6.33 Å². The number of nitrogens with two attached hydrogens (primary N) is 1. The normalized spacial score (nSPS) is 14.1. The molecule has 0 saturated carbocycles. The number of aryl methyl sites for hydroxylation is 1. The quantitative estimate of drug-likeness (QED) is 0.693. The Labute approximate surface area is 83.3 Å². The Morgan fingerprint density at radius 1 is 1.57 bits per heavy atom. The van der Waals surface area contributed by atoms with E-state index in [9.17, 15) is 4.79 Å². The Kier molecular flexibility index (Phi) is 2.71. The summed E-state index contributed by atoms with van der Waals surface area (Å²) in [4.78, 5) is 15.7. The van der Waals surface area contributed by atoms with Crippen LogP contribution in [-0.4, -0.2) is 26.6 Å². The van der Waals surface area contributed by atoms with Gasteiger partial charge in [-0.2, -0.15) is 5.10 Å². The maximum atomic E-state index is 11.8. The number of rotatable bonds is 2. The zero-order chi connectivity index (χ0) is 10.9. The van der Waals surface area contributed by atoms with Crippen molar-refractivity contribution in [3.63, 3.8) is 0 Å². The minimum atomic E-state index is -0.551. The Balaban J connectivity index is 2.92. The van der Waals surface area contributed by atoms with Crippen molar-refractivity contribution in [3.8, 4) is 0 Å². The zero-order valence-electron chi connectivity index (χ0n) is 8.98. The minimum absolute atomic E-state index is 0.169. The molecular weight excluding hydrogens is 180 g/mol. The van der Waals surface area contributed by atoms with E-state index in [2.05, 4.69) is 10.1 Å². The second-order valence-corrected chi connectivity index (χ2v) is 4.42. The maximum Gasteiger partial charge on any atom is 0.216 e. The third-order valence-corrected chi connectivity index (χ3v) is 2.15. The molecule has 14 heavy (non-hydrogen) atoms. The molecule has 0 aliphatic carbocycles. The molecule has 1 rings (SSSR count). The second-order valence-electron chi connectivity index (χ2n) is 4.42. The number of nitrogens with zero attached hydrogens (tertiary/aromatic N) is 3. The molecule has 78 valence electrons. The number of hydrogen-bond acceptors (Lipinski definition) is 4. The summed E-state index contributed by atoms with van der Waals surface area (Å²) in [6.07, 6.45) is 1.35. The van der Waals surface area contributed by atoms with Crippen molar-refractivity contribution in [2.45, 2.75) is 26.8 Å². The van der Waals surface area contributed by atoms with Crippen molar-refractivity contribution in [2.75, 3.05) is 0 Å². The topological polar surface area (TPSA) is 73.8 Å². The molecule has 0 bridgehead atoms. The Morgan fingerprint density at radius 2 is 2.14 bits per heavy atom. The van der Waals surface area contributed by atoms with E-state index < -0.39 is 6.04 Å². The number of carbonyl (C=O) groups is 1. The molecule has 0 spiro atoms. The van der Waals surface area contributed by atoms with E-state index in [-0.39, 0.29) is 11.2 Å². The fourth-order valence-corrected chi connectivity index (χ4v) is 1.05. The Bertz CT molecular complexity index is 337. The number of Topliss-reactive ketones (excluding diaryl/α,β-unsaturated/α-hetero) is 1. The first-order chi connectivity index (χ1) is 6.34. The molecule has 5 heteroatoms. The lowest BCUT2D eigenvalue weighted by atomic mass is 9.84. The SMILES string of the molecule is Cn1ncnc1C(=O)C(N)C(C)(C)C. The van der Waals surface area contributed by atoms with Crippen LogP contribution in [0.25, 0.3) is 0 Å². The van der Waals surface area contributed by atoms with Crippen LogP contribution in [-0.2, 0) is 7.05 Å². The molecule has 1 atom stereocenters. The second kappa shape index (κ2) is 3.49. The van der Waals surface area contributed by atoms with Crippen LogP contribution in [0.4, 0.5) is 0 Å². The summed E-state index contributed by atoms with van der Waals surface area (Å²) in [6.45, 7) is 5.77. The summed E-state index contributed by atoms with van der Waals surface area (Å²) >= 11 is 0. The van der Waals surface area contributed by atoms with Crippen LogP contribution < -0.4 is 5.73 Å². The predicted molar refractivity (Wildman–Crippen MR) is 52.8 cm³/mol. The van der Waals surface area contributed by atoms with Crippen LogP contribution in [0.2, 0.25) is 0 Å². The molecule has 0 fully saturated rings. The number of hydrogen-bond donors (Lipinski definition) is 1. The standard InChI is InChI=1S/C9H16N4O/c1-9(2,3)7(10)6(14)8-11-5-12-13(8)4/h5,7H,10H2,1-4H3. The molecule has 0 aliphatic heterocycles. The maximum absolute atomic E-state index is 11.8. The van der Waals surface area contributed by atoms with Gasteiger partial charge in [-0.3, -0.25) is 4.79 Å². The molecule has 0 amide bonds. The largest absolute Gasteiger partial charge is 0.321 e. The molecule has 0 aromatic carbocycles. The lowest BCUT2D eigenvalue weighted by Crippen LogP contribution is -2.43. The van der Waals surface area contributed by atoms with Gasteiger partial charge in [-0.15, -0.1) is 0 Å². The van der Waals surface area contributed by atoms with Gasteiger partial charge in [-0.05, 0) is 5.41 Å². The van der Waals surface area contributed by atoms with Crippen molar-refractivity contribution < 1.29 is 4.79 Å². The molecule has 1 aromatic heterocycles. The first-order valence-electron chi connectivity index (χ1n) is 4.48. The van der Waals surface area contributed by atoms with Gasteiger partial charge in [0.05, 0.1) is 6.04 Å². The van der Waals surface area contributed by atoms with Gasteiger partial charge in [-0.25, -0.2) is 9.67 Å². The van der Waals surface area contributed by atoms with Gasteiger partial charge < -0.3 is 5.73 Å². The van der Waals surface area contributed by atoms with E-state index in [4.69, 9.17) is 5.73 Å². The summed E-state index contributed by atoms with van der Waals surface area (Å²) in [6, 6.07) is -0.551. The average Bonchev–Trinajstić information content (AvgIpc) is 2.47. The van der Waals surface area contributed by atoms with Crippen molar-refractivity contribution in [1.29, 1.82) is 0 Å². The van der Waals surface area contributed by atoms with E-state index in [1.807, 2.05) is 20.8 Å². The van der Waals surface area contributed by atoms with E-state index >= 15 is 0 Å². The number of aromatic nitrogens is 3. The highest BCUT2D eigenvalue weighted by Gasteiger charge is 2.30. The van der Waals surface area contributed by atoms with Gasteiger partial charge in [0, 0.05) is 7.05 Å². The molecule has 0 saturated heterocycles. The molecule has 5 nitrogen and oxygen atoms in total. The Morgan fingerprint density at radius 3 is 2.50 bits per heavy atom. The van der Waals surface area contributed by atoms with Crippen molar-refractivity contribution >= 4 is 5.78 Å². The van der Waals surface area contributed by atoms with Crippen molar-refractivity contribution in [2.24, 2.45) is 18.2 Å². The van der Waals surface area contributed by atoms with E-state index in [1.165, 1.54) is 11.0 Å². The molecule has 1 aromatic rings. The molecule has 1 unspecified atom stereocenters. The zero-order valence-corrected chi connectivity index (χ0v) is 8.98. The van der Waals surface area contributed by atoms with Crippen LogP contribution in [0.3, 0.4) is 0 Å². The molecule has 2 N–H and O–H groups in total. The smallest absolute Gasteiger partial charge is 0.216 e. The van der Waals surface area contributed by atoms with Gasteiger partial charge in [0.25, 0.3) is 0 Å². The van der Waals surface area contributed by atoms with Crippen LogP contribution in [0.1, 0.15) is 31.4 Å². The van der Waals surface area contributed by atoms with E-state index in [0.717, 1.165) is 0 Å². The average molecular weight is 196 g/mol. The van der Waals surface area contributed by atoms with Gasteiger partial charge >= 0.3 is 0 Å². The molecule has 0 radical (unpaired) electrons. The monoisotopic (exact) mass is 196 g/mol. The van der Waals surface area contributed by atoms with Gasteiger partial charge in [0.15, 0.2) is 5.82 Å². The molecule has 0 aliphatic rings. The van der Waals surface area contributed by atoms with Crippen molar-refractivity contribution in [1.82, 2.24) is 14.8 Å². The van der Waals surface area contributed by atoms with E-state index in [0.29, 0.717) is 5.82 Å². The van der Waals surface area contributed by atoms with Crippen molar-refractivity contribution in [3.05, 3.63) is 12.2 Å².